The molecule has 0 saturated heterocycles. The van der Waals surface area contributed by atoms with E-state index >= 15 is 0 Å². The number of halogens is 1. The third-order valence-corrected chi connectivity index (χ3v) is 4.52. The van der Waals surface area contributed by atoms with Crippen LogP contribution in [0.2, 0.25) is 0 Å². The molecule has 0 radical (unpaired) electrons. The number of methoxy groups -OCH3 is 2. The van der Waals surface area contributed by atoms with Crippen LogP contribution in [0.15, 0.2) is 51.9 Å². The van der Waals surface area contributed by atoms with Gasteiger partial charge >= 0.3 is 0 Å². The molecule has 0 aliphatic carbocycles. The van der Waals surface area contributed by atoms with Crippen LogP contribution in [-0.4, -0.2) is 27.2 Å². The smallest absolute Gasteiger partial charge is 0.191 e. The summed E-state index contributed by atoms with van der Waals surface area (Å²) in [6, 6.07) is 13.8. The van der Waals surface area contributed by atoms with Crippen LogP contribution < -0.4 is 20.1 Å². The summed E-state index contributed by atoms with van der Waals surface area (Å²) >= 11 is 0. The number of guanidine groups is 1. The highest BCUT2D eigenvalue weighted by Gasteiger charge is 2.11. The van der Waals surface area contributed by atoms with Crippen molar-refractivity contribution in [2.24, 2.45) is 4.99 Å². The first-order valence-corrected chi connectivity index (χ1v) is 8.78. The molecular formula is C21H26IN3O3. The van der Waals surface area contributed by atoms with Crippen LogP contribution in [0.3, 0.4) is 0 Å². The minimum atomic E-state index is 0. The normalized spacial score (nSPS) is 11.1. The summed E-state index contributed by atoms with van der Waals surface area (Å²) in [5.41, 5.74) is 3.06. The van der Waals surface area contributed by atoms with Gasteiger partial charge in [0.15, 0.2) is 5.96 Å². The fraction of sp³-hybridized carbons (Fsp3) is 0.286. The Kier molecular flexibility index (Phi) is 7.98. The summed E-state index contributed by atoms with van der Waals surface area (Å²) in [6.07, 6.45) is 0. The number of hydrogen-bond acceptors (Lipinski definition) is 4. The van der Waals surface area contributed by atoms with Crippen molar-refractivity contribution in [2.45, 2.75) is 20.0 Å². The number of nitrogens with zero attached hydrogens (tertiary/aromatic N) is 1. The maximum atomic E-state index is 5.94. The lowest BCUT2D eigenvalue weighted by molar-refractivity contribution is 0.390. The average molecular weight is 495 g/mol. The number of aliphatic imine (C=N–C) groups is 1. The quantitative estimate of drug-likeness (QED) is 0.304. The number of hydrogen-bond donors (Lipinski definition) is 2. The summed E-state index contributed by atoms with van der Waals surface area (Å²) in [5.74, 6) is 3.12. The molecule has 0 atom stereocenters. The van der Waals surface area contributed by atoms with Gasteiger partial charge in [0, 0.05) is 36.2 Å². The van der Waals surface area contributed by atoms with E-state index in [2.05, 4.69) is 28.6 Å². The molecule has 0 aliphatic rings. The average Bonchev–Trinajstić information content (AvgIpc) is 3.04. The minimum absolute atomic E-state index is 0. The van der Waals surface area contributed by atoms with Crippen molar-refractivity contribution >= 4 is 40.9 Å². The van der Waals surface area contributed by atoms with E-state index in [-0.39, 0.29) is 24.0 Å². The number of rotatable bonds is 6. The van der Waals surface area contributed by atoms with Gasteiger partial charge in [0.1, 0.15) is 22.8 Å². The highest BCUT2D eigenvalue weighted by Crippen LogP contribution is 2.25. The molecule has 150 valence electrons. The van der Waals surface area contributed by atoms with Crippen molar-refractivity contribution in [3.8, 4) is 11.5 Å². The number of furan rings is 1. The maximum Gasteiger partial charge on any atom is 0.191 e. The number of para-hydroxylation sites is 1. The summed E-state index contributed by atoms with van der Waals surface area (Å²) in [4.78, 5) is 4.28. The van der Waals surface area contributed by atoms with E-state index in [1.165, 1.54) is 0 Å². The molecular weight excluding hydrogens is 469 g/mol. The molecule has 0 amide bonds. The predicted molar refractivity (Wildman–Crippen MR) is 123 cm³/mol. The number of nitrogens with one attached hydrogen (secondary N) is 2. The SMILES string of the molecule is CN=C(NCc1ccc(OC)cc1OC)NCc1oc2ccccc2c1C.I. The molecule has 0 fully saturated rings. The first kappa shape index (κ1) is 21.9. The molecule has 0 aliphatic heterocycles. The van der Waals surface area contributed by atoms with E-state index in [9.17, 15) is 0 Å². The van der Waals surface area contributed by atoms with Crippen LogP contribution in [-0.2, 0) is 13.1 Å². The lowest BCUT2D eigenvalue weighted by Crippen LogP contribution is -2.36. The second-order valence-corrected chi connectivity index (χ2v) is 6.10. The monoisotopic (exact) mass is 495 g/mol. The van der Waals surface area contributed by atoms with Gasteiger partial charge in [-0.2, -0.15) is 0 Å². The molecule has 0 unspecified atom stereocenters. The first-order chi connectivity index (χ1) is 13.2. The van der Waals surface area contributed by atoms with Crippen LogP contribution >= 0.6 is 24.0 Å². The zero-order valence-electron chi connectivity index (χ0n) is 16.5. The van der Waals surface area contributed by atoms with Crippen LogP contribution in [0, 0.1) is 6.92 Å². The van der Waals surface area contributed by atoms with Crippen molar-refractivity contribution in [1.82, 2.24) is 10.6 Å². The standard InChI is InChI=1S/C21H25N3O3.HI/c1-14-17-7-5-6-8-18(17)27-20(14)13-24-21(22-2)23-12-15-9-10-16(25-3)11-19(15)26-4;/h5-11H,12-13H2,1-4H3,(H2,22,23,24);1H. The topological polar surface area (TPSA) is 68.0 Å². The highest BCUT2D eigenvalue weighted by atomic mass is 127. The van der Waals surface area contributed by atoms with Crippen molar-refractivity contribution in [2.75, 3.05) is 21.3 Å². The molecule has 28 heavy (non-hydrogen) atoms. The Bertz CT molecular complexity index is 953. The number of ether oxygens (including phenoxy) is 2. The lowest BCUT2D eigenvalue weighted by atomic mass is 10.1. The zero-order valence-corrected chi connectivity index (χ0v) is 18.9. The summed E-state index contributed by atoms with van der Waals surface area (Å²) in [6.45, 7) is 3.20. The van der Waals surface area contributed by atoms with Crippen LogP contribution in [0.4, 0.5) is 0 Å². The third kappa shape index (κ3) is 4.89. The molecule has 3 rings (SSSR count). The predicted octanol–water partition coefficient (Wildman–Crippen LogP) is 4.24. The molecule has 0 bridgehead atoms. The van der Waals surface area contributed by atoms with Gasteiger partial charge in [0.25, 0.3) is 0 Å². The zero-order chi connectivity index (χ0) is 19.2. The van der Waals surface area contributed by atoms with E-state index in [1.807, 2.05) is 36.4 Å². The second-order valence-electron chi connectivity index (χ2n) is 6.10. The molecule has 0 saturated carbocycles. The van der Waals surface area contributed by atoms with Gasteiger partial charge in [-0.1, -0.05) is 18.2 Å². The van der Waals surface area contributed by atoms with E-state index in [0.29, 0.717) is 19.0 Å². The Balaban J connectivity index is 0.00000280. The highest BCUT2D eigenvalue weighted by molar-refractivity contribution is 14.0. The van der Waals surface area contributed by atoms with Gasteiger partial charge in [0.2, 0.25) is 0 Å². The Hall–Kier alpha value is -2.42. The van der Waals surface area contributed by atoms with Gasteiger partial charge in [-0.15, -0.1) is 24.0 Å². The van der Waals surface area contributed by atoms with Crippen molar-refractivity contribution in [1.29, 1.82) is 0 Å². The number of benzene rings is 2. The van der Waals surface area contributed by atoms with Crippen LogP contribution in [0.25, 0.3) is 11.0 Å². The van der Waals surface area contributed by atoms with Gasteiger partial charge in [-0.25, -0.2) is 0 Å². The third-order valence-electron chi connectivity index (χ3n) is 4.52. The van der Waals surface area contributed by atoms with Crippen molar-refractivity contribution < 1.29 is 13.9 Å². The lowest BCUT2D eigenvalue weighted by Gasteiger charge is -2.14. The van der Waals surface area contributed by atoms with E-state index in [4.69, 9.17) is 13.9 Å². The molecule has 3 aromatic rings. The van der Waals surface area contributed by atoms with Crippen LogP contribution in [0.1, 0.15) is 16.9 Å². The molecule has 1 aromatic heterocycles. The minimum Gasteiger partial charge on any atom is -0.497 e. The molecule has 0 spiro atoms. The van der Waals surface area contributed by atoms with Gasteiger partial charge in [-0.05, 0) is 25.1 Å². The van der Waals surface area contributed by atoms with Gasteiger partial charge in [-0.3, -0.25) is 4.99 Å². The van der Waals surface area contributed by atoms with Crippen molar-refractivity contribution in [3.63, 3.8) is 0 Å². The van der Waals surface area contributed by atoms with Crippen LogP contribution in [0.5, 0.6) is 11.5 Å². The van der Waals surface area contributed by atoms with Gasteiger partial charge in [0.05, 0.1) is 20.8 Å². The van der Waals surface area contributed by atoms with E-state index in [0.717, 1.165) is 39.4 Å². The summed E-state index contributed by atoms with van der Waals surface area (Å²) in [5, 5.41) is 7.73. The second kappa shape index (κ2) is 10.2. The number of aryl methyl sites for hydroxylation is 1. The fourth-order valence-corrected chi connectivity index (χ4v) is 2.96. The van der Waals surface area contributed by atoms with E-state index < -0.39 is 0 Å². The van der Waals surface area contributed by atoms with Crippen molar-refractivity contribution in [3.05, 3.63) is 59.4 Å². The molecule has 7 heteroatoms. The summed E-state index contributed by atoms with van der Waals surface area (Å²) in [7, 11) is 5.03. The molecule has 2 N–H and O–H groups in total. The summed E-state index contributed by atoms with van der Waals surface area (Å²) < 4.78 is 16.6. The first-order valence-electron chi connectivity index (χ1n) is 8.78. The maximum absolute atomic E-state index is 5.94. The van der Waals surface area contributed by atoms with E-state index in [1.54, 1.807) is 21.3 Å². The van der Waals surface area contributed by atoms with Gasteiger partial charge < -0.3 is 24.5 Å². The Morgan fingerprint density at radius 3 is 2.46 bits per heavy atom. The molecule has 6 nitrogen and oxygen atoms in total. The Labute approximate surface area is 182 Å². The Morgan fingerprint density at radius 1 is 1.04 bits per heavy atom. The Morgan fingerprint density at radius 2 is 1.79 bits per heavy atom. The largest absolute Gasteiger partial charge is 0.497 e. The molecule has 2 aromatic carbocycles. The number of fused-ring (bicyclic) bond motifs is 1. The molecule has 1 heterocycles. The fourth-order valence-electron chi connectivity index (χ4n) is 2.96.